The molecule has 11 heteroatoms. The molecule has 0 unspecified atom stereocenters. The first kappa shape index (κ1) is 22.0. The van der Waals surface area contributed by atoms with Crippen LogP contribution in [0, 0.1) is 20.4 Å². The fourth-order valence-electron chi connectivity index (χ4n) is 2.75. The van der Waals surface area contributed by atoms with E-state index in [0.717, 1.165) is 22.8 Å². The summed E-state index contributed by atoms with van der Waals surface area (Å²) < 4.78 is 37.7. The van der Waals surface area contributed by atoms with Crippen molar-refractivity contribution in [2.75, 3.05) is 0 Å². The zero-order valence-corrected chi connectivity index (χ0v) is 16.5. The van der Waals surface area contributed by atoms with Gasteiger partial charge in [0.25, 0.3) is 5.69 Å². The number of nitro benzene ring substituents is 1. The second-order valence-electron chi connectivity index (χ2n) is 6.11. The second kappa shape index (κ2) is 9.43. The average Bonchev–Trinajstić information content (AvgIpc) is 3.19. The molecule has 4 aromatic rings. The lowest BCUT2D eigenvalue weighted by Crippen LogP contribution is -2.68. The Morgan fingerprint density at radius 2 is 1.32 bits per heavy atom. The van der Waals surface area contributed by atoms with E-state index in [9.17, 15) is 10.1 Å². The molecule has 0 spiro atoms. The molecule has 31 heavy (non-hydrogen) atoms. The zero-order chi connectivity index (χ0) is 22.4. The molecule has 4 rings (SSSR count). The number of rotatable bonds is 4. The molecular weight excluding hydrogens is 428 g/mol. The van der Waals surface area contributed by atoms with E-state index in [1.165, 1.54) is 12.1 Å². The average molecular weight is 443 g/mol. The third-order valence-electron chi connectivity index (χ3n) is 4.05. The van der Waals surface area contributed by atoms with E-state index in [1.54, 1.807) is 16.8 Å². The minimum absolute atomic E-state index is 0.0612. The molecule has 0 fully saturated rings. The maximum atomic E-state index is 10.9. The highest BCUT2D eigenvalue weighted by Crippen LogP contribution is 2.18. The minimum atomic E-state index is -4.94. The van der Waals surface area contributed by atoms with E-state index in [2.05, 4.69) is 0 Å². The van der Waals surface area contributed by atoms with Crippen LogP contribution >= 0.6 is 0 Å². The van der Waals surface area contributed by atoms with Crippen molar-refractivity contribution in [2.24, 2.45) is 0 Å². The highest BCUT2D eigenvalue weighted by atomic mass is 35.7. The summed E-state index contributed by atoms with van der Waals surface area (Å²) in [6, 6.07) is 26.1. The summed E-state index contributed by atoms with van der Waals surface area (Å²) >= 11 is 0. The van der Waals surface area contributed by atoms with Crippen LogP contribution in [-0.4, -0.2) is 14.7 Å². The maximum Gasteiger partial charge on any atom is 0.314 e. The fourth-order valence-corrected chi connectivity index (χ4v) is 2.75. The number of hydrogen-bond donors (Lipinski definition) is 0. The Morgan fingerprint density at radius 1 is 0.806 bits per heavy atom. The Morgan fingerprint density at radius 3 is 1.84 bits per heavy atom. The SMILES string of the molecule is O=[N+]([O-])c1ccc(-[n+]2cn(-c3ccccc3)nc2-c2ccccc2)cc1.[O-][Cl+3]([O-])([O-])[O-]. The quantitative estimate of drug-likeness (QED) is 0.222. The number of hydrogen-bond acceptors (Lipinski definition) is 7. The van der Waals surface area contributed by atoms with E-state index < -0.39 is 15.2 Å². The van der Waals surface area contributed by atoms with E-state index in [-0.39, 0.29) is 5.69 Å². The minimum Gasteiger partial charge on any atom is -0.258 e. The molecule has 0 aliphatic heterocycles. The number of nitro groups is 1. The Kier molecular flexibility index (Phi) is 6.70. The first-order valence-corrected chi connectivity index (χ1v) is 9.94. The molecule has 158 valence electrons. The van der Waals surface area contributed by atoms with Crippen molar-refractivity contribution in [2.45, 2.75) is 0 Å². The summed E-state index contributed by atoms with van der Waals surface area (Å²) in [5, 5.41) is 15.6. The van der Waals surface area contributed by atoms with Gasteiger partial charge >= 0.3 is 5.82 Å². The number of nitrogens with zero attached hydrogens (tertiary/aromatic N) is 4. The molecule has 0 amide bonds. The summed E-state index contributed by atoms with van der Waals surface area (Å²) in [5.74, 6) is 0.753. The monoisotopic (exact) mass is 442 g/mol. The van der Waals surface area contributed by atoms with E-state index in [0.29, 0.717) is 0 Å². The predicted octanol–water partition coefficient (Wildman–Crippen LogP) is -1.03. The van der Waals surface area contributed by atoms with E-state index in [4.69, 9.17) is 23.7 Å². The van der Waals surface area contributed by atoms with Gasteiger partial charge in [-0.05, 0) is 36.4 Å². The van der Waals surface area contributed by atoms with Crippen LogP contribution in [0.2, 0.25) is 0 Å². The molecule has 0 aliphatic carbocycles. The van der Waals surface area contributed by atoms with E-state index in [1.807, 2.05) is 71.6 Å². The zero-order valence-electron chi connectivity index (χ0n) is 15.8. The topological polar surface area (TPSA) is 157 Å². The standard InChI is InChI=1S/C20H15N4O2.ClHO4/c25-24(26)19-13-11-17(12-14-19)22-15-23(18-9-5-2-6-10-18)21-20(22)16-7-3-1-4-8-16;2-1(3,4)5/h1-15H;(H,2,3,4,5)/q+1;/p-1. The molecule has 0 bridgehead atoms. The van der Waals surface area contributed by atoms with Gasteiger partial charge in [0.15, 0.2) is 0 Å². The van der Waals surface area contributed by atoms with Gasteiger partial charge in [0.2, 0.25) is 6.33 Å². The molecule has 3 aromatic carbocycles. The largest absolute Gasteiger partial charge is 0.314 e. The lowest BCUT2D eigenvalue weighted by atomic mass is 10.2. The Labute approximate surface area is 178 Å². The molecule has 0 radical (unpaired) electrons. The Hall–Kier alpha value is -3.67. The lowest BCUT2D eigenvalue weighted by Gasteiger charge is -2.17. The van der Waals surface area contributed by atoms with Gasteiger partial charge in [0.1, 0.15) is 11.4 Å². The van der Waals surface area contributed by atoms with Gasteiger partial charge < -0.3 is 0 Å². The van der Waals surface area contributed by atoms with Crippen molar-refractivity contribution in [3.05, 3.63) is 101 Å². The summed E-state index contributed by atoms with van der Waals surface area (Å²) in [6.07, 6.45) is 1.87. The lowest BCUT2D eigenvalue weighted by molar-refractivity contribution is -2.00. The molecule has 1 heterocycles. The predicted molar refractivity (Wildman–Crippen MR) is 97.2 cm³/mol. The normalized spacial score (nSPS) is 10.8. The fraction of sp³-hybridized carbons (Fsp3) is 0. The van der Waals surface area contributed by atoms with Crippen LogP contribution in [-0.2, 0) is 0 Å². The Balaban J connectivity index is 0.000000491. The number of para-hydroxylation sites is 1. The van der Waals surface area contributed by atoms with Gasteiger partial charge in [-0.2, -0.15) is 4.57 Å². The molecule has 0 aliphatic rings. The van der Waals surface area contributed by atoms with Crippen molar-refractivity contribution in [1.82, 2.24) is 9.78 Å². The van der Waals surface area contributed by atoms with Crippen LogP contribution < -0.4 is 23.2 Å². The third kappa shape index (κ3) is 6.15. The molecule has 0 atom stereocenters. The maximum absolute atomic E-state index is 10.9. The van der Waals surface area contributed by atoms with Crippen LogP contribution in [0.1, 0.15) is 0 Å². The second-order valence-corrected chi connectivity index (χ2v) is 6.86. The van der Waals surface area contributed by atoms with Gasteiger partial charge in [0, 0.05) is 12.1 Å². The van der Waals surface area contributed by atoms with Crippen LogP contribution in [0.15, 0.2) is 91.3 Å². The number of aromatic nitrogens is 3. The molecule has 1 aromatic heterocycles. The summed E-state index contributed by atoms with van der Waals surface area (Å²) in [5.41, 5.74) is 2.76. The summed E-state index contributed by atoms with van der Waals surface area (Å²) in [4.78, 5) is 10.5. The number of halogens is 1. The molecule has 0 N–H and O–H groups in total. The van der Waals surface area contributed by atoms with Crippen molar-refractivity contribution < 1.29 is 38.4 Å². The van der Waals surface area contributed by atoms with Crippen molar-refractivity contribution in [1.29, 1.82) is 0 Å². The molecule has 0 saturated heterocycles. The van der Waals surface area contributed by atoms with Crippen LogP contribution in [0.4, 0.5) is 5.69 Å². The first-order chi connectivity index (χ1) is 14.7. The van der Waals surface area contributed by atoms with Crippen LogP contribution in [0.3, 0.4) is 0 Å². The number of benzene rings is 3. The van der Waals surface area contributed by atoms with Crippen LogP contribution in [0.25, 0.3) is 22.8 Å². The smallest absolute Gasteiger partial charge is 0.258 e. The molecular formula is C20H15ClN4O6. The van der Waals surface area contributed by atoms with Gasteiger partial charge in [0.05, 0.1) is 15.6 Å². The van der Waals surface area contributed by atoms with Gasteiger partial charge in [-0.3, -0.25) is 10.1 Å². The van der Waals surface area contributed by atoms with Crippen LogP contribution in [0.5, 0.6) is 0 Å². The highest BCUT2D eigenvalue weighted by molar-refractivity contribution is 5.52. The Bertz CT molecular complexity index is 1140. The summed E-state index contributed by atoms with van der Waals surface area (Å²) in [6.45, 7) is 0. The summed E-state index contributed by atoms with van der Waals surface area (Å²) in [7, 11) is -4.94. The molecule has 10 nitrogen and oxygen atoms in total. The third-order valence-corrected chi connectivity index (χ3v) is 4.05. The van der Waals surface area contributed by atoms with Crippen molar-refractivity contribution in [3.8, 4) is 22.8 Å². The first-order valence-electron chi connectivity index (χ1n) is 8.71. The van der Waals surface area contributed by atoms with Gasteiger partial charge in [-0.25, -0.2) is 18.6 Å². The van der Waals surface area contributed by atoms with Crippen molar-refractivity contribution >= 4 is 5.69 Å². The van der Waals surface area contributed by atoms with E-state index >= 15 is 0 Å². The molecule has 0 saturated carbocycles. The van der Waals surface area contributed by atoms with Gasteiger partial charge in [-0.1, -0.05) is 41.1 Å². The highest BCUT2D eigenvalue weighted by Gasteiger charge is 2.22. The van der Waals surface area contributed by atoms with Crippen molar-refractivity contribution in [3.63, 3.8) is 0 Å². The number of non-ortho nitro benzene ring substituents is 1. The van der Waals surface area contributed by atoms with Gasteiger partial charge in [-0.15, -0.1) is 10.2 Å².